The van der Waals surface area contributed by atoms with Crippen molar-refractivity contribution in [2.45, 2.75) is 39.7 Å². The number of carbonyl (C=O) groups is 2. The summed E-state index contributed by atoms with van der Waals surface area (Å²) >= 11 is 0. The molecule has 3 atom stereocenters. The number of nitrogens with zero attached hydrogens (tertiary/aromatic N) is 3. The minimum absolute atomic E-state index is 0.0230. The Morgan fingerprint density at radius 2 is 2.15 bits per heavy atom. The molecule has 2 rings (SSSR count). The lowest BCUT2D eigenvalue weighted by Crippen LogP contribution is -2.53. The lowest BCUT2D eigenvalue weighted by Gasteiger charge is -2.40. The minimum Gasteiger partial charge on any atom is -0.481 e. The summed E-state index contributed by atoms with van der Waals surface area (Å²) in [5.74, 6) is -1.56. The molecule has 1 aliphatic heterocycles. The molecule has 0 radical (unpaired) electrons. The van der Waals surface area contributed by atoms with Crippen molar-refractivity contribution in [2.24, 2.45) is 18.9 Å². The Morgan fingerprint density at radius 3 is 2.70 bits per heavy atom. The first-order chi connectivity index (χ1) is 9.36. The van der Waals surface area contributed by atoms with Crippen LogP contribution in [0.4, 0.5) is 5.69 Å². The molecule has 1 saturated heterocycles. The molecule has 1 N–H and O–H groups in total. The topological polar surface area (TPSA) is 75.4 Å². The first-order valence-corrected chi connectivity index (χ1v) is 6.94. The SMILES string of the molecule is CCc1nn(C)cc1N1C(=O)CC(C)C(C(=O)O)C1C. The number of hydrogen-bond donors (Lipinski definition) is 1. The van der Waals surface area contributed by atoms with Gasteiger partial charge in [-0.3, -0.25) is 14.3 Å². The van der Waals surface area contributed by atoms with E-state index in [0.29, 0.717) is 6.42 Å². The number of aromatic nitrogens is 2. The van der Waals surface area contributed by atoms with Crippen LogP contribution in [0.25, 0.3) is 0 Å². The molecule has 1 aromatic heterocycles. The van der Waals surface area contributed by atoms with E-state index in [1.807, 2.05) is 13.8 Å². The second kappa shape index (κ2) is 5.26. The first kappa shape index (κ1) is 14.6. The molecule has 0 aromatic carbocycles. The molecule has 0 spiro atoms. The fourth-order valence-corrected chi connectivity index (χ4v) is 3.14. The van der Waals surface area contributed by atoms with Gasteiger partial charge in [0.15, 0.2) is 0 Å². The van der Waals surface area contributed by atoms with E-state index in [-0.39, 0.29) is 24.3 Å². The molecule has 1 amide bonds. The second-order valence-electron chi connectivity index (χ2n) is 5.54. The zero-order valence-corrected chi connectivity index (χ0v) is 12.3. The minimum atomic E-state index is -0.843. The van der Waals surface area contributed by atoms with Gasteiger partial charge in [0.05, 0.1) is 17.3 Å². The number of anilines is 1. The molecule has 0 bridgehead atoms. The number of amides is 1. The lowest BCUT2D eigenvalue weighted by atomic mass is 9.80. The smallest absolute Gasteiger partial charge is 0.308 e. The van der Waals surface area contributed by atoms with Crippen LogP contribution in [0.15, 0.2) is 6.20 Å². The molecule has 1 aliphatic rings. The molecule has 3 unspecified atom stereocenters. The van der Waals surface area contributed by atoms with Crippen molar-refractivity contribution in [3.8, 4) is 0 Å². The van der Waals surface area contributed by atoms with Gasteiger partial charge in [0.1, 0.15) is 0 Å². The van der Waals surface area contributed by atoms with Crippen molar-refractivity contribution in [3.05, 3.63) is 11.9 Å². The summed E-state index contributed by atoms with van der Waals surface area (Å²) in [6.07, 6.45) is 2.77. The number of piperidine rings is 1. The Labute approximate surface area is 118 Å². The highest BCUT2D eigenvalue weighted by molar-refractivity contribution is 5.97. The molecular formula is C14H21N3O3. The molecule has 1 aromatic rings. The summed E-state index contributed by atoms with van der Waals surface area (Å²) in [6.45, 7) is 5.61. The number of rotatable bonds is 3. The van der Waals surface area contributed by atoms with Gasteiger partial charge in [0.25, 0.3) is 0 Å². The summed E-state index contributed by atoms with van der Waals surface area (Å²) in [5, 5.41) is 13.7. The number of carboxylic acids is 1. The summed E-state index contributed by atoms with van der Waals surface area (Å²) in [6, 6.07) is -0.363. The maximum absolute atomic E-state index is 12.4. The van der Waals surface area contributed by atoms with Gasteiger partial charge in [-0.2, -0.15) is 5.10 Å². The van der Waals surface area contributed by atoms with Crippen LogP contribution in [0.1, 0.15) is 32.9 Å². The maximum atomic E-state index is 12.4. The van der Waals surface area contributed by atoms with Crippen LogP contribution in [-0.2, 0) is 23.1 Å². The third-order valence-corrected chi connectivity index (χ3v) is 4.07. The van der Waals surface area contributed by atoms with Gasteiger partial charge in [0, 0.05) is 25.7 Å². The average Bonchev–Trinajstić information content (AvgIpc) is 2.69. The van der Waals surface area contributed by atoms with E-state index in [4.69, 9.17) is 0 Å². The van der Waals surface area contributed by atoms with Crippen molar-refractivity contribution >= 4 is 17.6 Å². The number of aryl methyl sites for hydroxylation is 2. The third-order valence-electron chi connectivity index (χ3n) is 4.07. The number of carbonyl (C=O) groups excluding carboxylic acids is 1. The van der Waals surface area contributed by atoms with Crippen LogP contribution >= 0.6 is 0 Å². The molecule has 110 valence electrons. The molecule has 2 heterocycles. The summed E-state index contributed by atoms with van der Waals surface area (Å²) in [4.78, 5) is 25.4. The van der Waals surface area contributed by atoms with E-state index in [9.17, 15) is 14.7 Å². The van der Waals surface area contributed by atoms with Crippen molar-refractivity contribution < 1.29 is 14.7 Å². The number of aliphatic carboxylic acids is 1. The van der Waals surface area contributed by atoms with Crippen molar-refractivity contribution in [2.75, 3.05) is 4.90 Å². The average molecular weight is 279 g/mol. The van der Waals surface area contributed by atoms with E-state index < -0.39 is 11.9 Å². The molecule has 20 heavy (non-hydrogen) atoms. The Morgan fingerprint density at radius 1 is 1.50 bits per heavy atom. The quantitative estimate of drug-likeness (QED) is 0.908. The van der Waals surface area contributed by atoms with Crippen molar-refractivity contribution in [1.82, 2.24) is 9.78 Å². The third kappa shape index (κ3) is 2.30. The van der Waals surface area contributed by atoms with Crippen molar-refractivity contribution in [3.63, 3.8) is 0 Å². The van der Waals surface area contributed by atoms with Gasteiger partial charge < -0.3 is 10.0 Å². The molecule has 6 nitrogen and oxygen atoms in total. The van der Waals surface area contributed by atoms with E-state index in [0.717, 1.165) is 11.4 Å². The van der Waals surface area contributed by atoms with Gasteiger partial charge in [-0.15, -0.1) is 0 Å². The predicted octanol–water partition coefficient (Wildman–Crippen LogP) is 1.44. The van der Waals surface area contributed by atoms with Gasteiger partial charge in [-0.25, -0.2) is 0 Å². The molecule has 0 aliphatic carbocycles. The van der Waals surface area contributed by atoms with Gasteiger partial charge >= 0.3 is 5.97 Å². The molecule has 1 fully saturated rings. The summed E-state index contributed by atoms with van der Waals surface area (Å²) < 4.78 is 1.67. The van der Waals surface area contributed by atoms with Gasteiger partial charge in [-0.1, -0.05) is 13.8 Å². The zero-order chi connectivity index (χ0) is 15.0. The standard InChI is InChI=1S/C14H21N3O3/c1-5-10-11(7-16(4)15-10)17-9(3)13(14(19)20)8(2)6-12(17)18/h7-9,13H,5-6H2,1-4H3,(H,19,20). The molecule has 6 heteroatoms. The summed E-state index contributed by atoms with van der Waals surface area (Å²) in [7, 11) is 1.80. The highest BCUT2D eigenvalue weighted by Crippen LogP contribution is 2.35. The predicted molar refractivity (Wildman–Crippen MR) is 74.4 cm³/mol. The summed E-state index contributed by atoms with van der Waals surface area (Å²) in [5.41, 5.74) is 1.57. The fourth-order valence-electron chi connectivity index (χ4n) is 3.14. The Kier molecular flexibility index (Phi) is 3.83. The second-order valence-corrected chi connectivity index (χ2v) is 5.54. The van der Waals surface area contributed by atoms with Crippen LogP contribution in [0.3, 0.4) is 0 Å². The fraction of sp³-hybridized carbons (Fsp3) is 0.643. The Balaban J connectivity index is 2.43. The number of carboxylic acid groups (broad SMARTS) is 1. The van der Waals surface area contributed by atoms with Crippen LogP contribution in [0.2, 0.25) is 0 Å². The highest BCUT2D eigenvalue weighted by Gasteiger charge is 2.43. The largest absolute Gasteiger partial charge is 0.481 e. The Hall–Kier alpha value is -1.85. The van der Waals surface area contributed by atoms with Crippen LogP contribution in [0.5, 0.6) is 0 Å². The van der Waals surface area contributed by atoms with E-state index in [1.165, 1.54) is 0 Å². The molecular weight excluding hydrogens is 258 g/mol. The van der Waals surface area contributed by atoms with Gasteiger partial charge in [0.2, 0.25) is 5.91 Å². The first-order valence-electron chi connectivity index (χ1n) is 6.94. The van der Waals surface area contributed by atoms with E-state index in [2.05, 4.69) is 5.10 Å². The monoisotopic (exact) mass is 279 g/mol. The van der Waals surface area contributed by atoms with Crippen LogP contribution in [-0.4, -0.2) is 32.8 Å². The van der Waals surface area contributed by atoms with Gasteiger partial charge in [-0.05, 0) is 19.3 Å². The normalized spacial score (nSPS) is 26.9. The van der Waals surface area contributed by atoms with Crippen LogP contribution in [0, 0.1) is 11.8 Å². The number of hydrogen-bond acceptors (Lipinski definition) is 3. The Bertz CT molecular complexity index is 538. The van der Waals surface area contributed by atoms with E-state index >= 15 is 0 Å². The van der Waals surface area contributed by atoms with E-state index in [1.54, 1.807) is 29.7 Å². The van der Waals surface area contributed by atoms with Crippen molar-refractivity contribution in [1.29, 1.82) is 0 Å². The van der Waals surface area contributed by atoms with Crippen LogP contribution < -0.4 is 4.90 Å². The maximum Gasteiger partial charge on any atom is 0.308 e. The highest BCUT2D eigenvalue weighted by atomic mass is 16.4. The zero-order valence-electron chi connectivity index (χ0n) is 12.3. The molecule has 0 saturated carbocycles. The lowest BCUT2D eigenvalue weighted by molar-refractivity contribution is -0.146.